The quantitative estimate of drug-likeness (QED) is 0.300. The summed E-state index contributed by atoms with van der Waals surface area (Å²) >= 11 is 0.725. The van der Waals surface area contributed by atoms with Crippen LogP contribution in [-0.2, 0) is 4.79 Å². The minimum atomic E-state index is -1.35. The number of nitrogens with zero attached hydrogens (tertiary/aromatic N) is 2. The fraction of sp³-hybridized carbons (Fsp3) is 0.419. The number of amides is 3. The summed E-state index contributed by atoms with van der Waals surface area (Å²) in [6, 6.07) is 9.36. The molecule has 11 heteroatoms. The third-order valence-corrected chi connectivity index (χ3v) is 8.90. The van der Waals surface area contributed by atoms with E-state index in [1.165, 1.54) is 42.5 Å². The van der Waals surface area contributed by atoms with Crippen molar-refractivity contribution in [1.82, 2.24) is 15.0 Å². The van der Waals surface area contributed by atoms with E-state index in [9.17, 15) is 18.8 Å². The number of aromatic nitrogens is 1. The molecule has 0 aliphatic heterocycles. The van der Waals surface area contributed by atoms with Gasteiger partial charge in [-0.25, -0.2) is 8.78 Å². The second-order valence-electron chi connectivity index (χ2n) is 11.0. The second kappa shape index (κ2) is 13.4. The first-order valence-corrected chi connectivity index (χ1v) is 15.3. The molecule has 2 saturated carbocycles. The molecule has 0 bridgehead atoms. The first-order chi connectivity index (χ1) is 20.3. The SMILES string of the molecule is Nc1c(C(=O)NC2CCCCC2)nsc1C(=O)N(c1ccccc1F)[C@@H](C(=O)NC1CCCCC1)c1ccc(F)cc1. The molecule has 0 saturated heterocycles. The first-order valence-electron chi connectivity index (χ1n) is 14.5. The van der Waals surface area contributed by atoms with Crippen molar-refractivity contribution in [3.8, 4) is 0 Å². The number of nitrogens with one attached hydrogen (secondary N) is 2. The molecule has 42 heavy (non-hydrogen) atoms. The predicted octanol–water partition coefficient (Wildman–Crippen LogP) is 5.90. The highest BCUT2D eigenvalue weighted by atomic mass is 32.1. The van der Waals surface area contributed by atoms with Gasteiger partial charge in [-0.05, 0) is 67.0 Å². The van der Waals surface area contributed by atoms with Crippen molar-refractivity contribution in [2.75, 3.05) is 10.6 Å². The Balaban J connectivity index is 1.53. The molecule has 1 heterocycles. The van der Waals surface area contributed by atoms with Crippen LogP contribution in [0.4, 0.5) is 20.2 Å². The number of benzene rings is 2. The maximum atomic E-state index is 15.4. The van der Waals surface area contributed by atoms with Gasteiger partial charge in [0.2, 0.25) is 5.91 Å². The molecule has 1 atom stereocenters. The average molecular weight is 596 g/mol. The van der Waals surface area contributed by atoms with Crippen LogP contribution in [0.2, 0.25) is 0 Å². The monoisotopic (exact) mass is 595 g/mol. The lowest BCUT2D eigenvalue weighted by Crippen LogP contribution is -2.47. The number of carbonyl (C=O) groups excluding carboxylic acids is 3. The molecule has 2 aliphatic rings. The van der Waals surface area contributed by atoms with Crippen molar-refractivity contribution in [3.05, 3.63) is 76.3 Å². The maximum Gasteiger partial charge on any atom is 0.273 e. The van der Waals surface area contributed by atoms with E-state index in [1.54, 1.807) is 6.07 Å². The van der Waals surface area contributed by atoms with Gasteiger partial charge < -0.3 is 16.4 Å². The van der Waals surface area contributed by atoms with E-state index < -0.39 is 35.4 Å². The number of hydrogen-bond donors (Lipinski definition) is 3. The molecule has 0 spiro atoms. The summed E-state index contributed by atoms with van der Waals surface area (Å²) in [6.45, 7) is 0. The van der Waals surface area contributed by atoms with Crippen molar-refractivity contribution in [2.24, 2.45) is 0 Å². The zero-order valence-electron chi connectivity index (χ0n) is 23.3. The molecule has 8 nitrogen and oxygen atoms in total. The highest BCUT2D eigenvalue weighted by molar-refractivity contribution is 7.09. The Kier molecular flexibility index (Phi) is 9.46. The fourth-order valence-corrected chi connectivity index (χ4v) is 6.56. The summed E-state index contributed by atoms with van der Waals surface area (Å²) in [5.41, 5.74) is 6.27. The summed E-state index contributed by atoms with van der Waals surface area (Å²) < 4.78 is 33.5. The predicted molar refractivity (Wildman–Crippen MR) is 158 cm³/mol. The van der Waals surface area contributed by atoms with Gasteiger partial charge >= 0.3 is 0 Å². The molecule has 3 amide bonds. The molecule has 2 aliphatic carbocycles. The number of nitrogens with two attached hydrogens (primary N) is 1. The van der Waals surface area contributed by atoms with Gasteiger partial charge in [-0.15, -0.1) is 0 Å². The van der Waals surface area contributed by atoms with Crippen molar-refractivity contribution in [2.45, 2.75) is 82.3 Å². The molecule has 0 radical (unpaired) electrons. The summed E-state index contributed by atoms with van der Waals surface area (Å²) in [6.07, 6.45) is 9.47. The van der Waals surface area contributed by atoms with Crippen LogP contribution in [-0.4, -0.2) is 34.2 Å². The Morgan fingerprint density at radius 1 is 0.857 bits per heavy atom. The first kappa shape index (κ1) is 29.6. The molecule has 4 N–H and O–H groups in total. The normalized spacial score (nSPS) is 16.9. The molecule has 2 fully saturated rings. The van der Waals surface area contributed by atoms with Crippen molar-refractivity contribution in [1.29, 1.82) is 0 Å². The lowest BCUT2D eigenvalue weighted by molar-refractivity contribution is -0.123. The van der Waals surface area contributed by atoms with Gasteiger partial charge in [0.05, 0.1) is 11.4 Å². The van der Waals surface area contributed by atoms with Crippen LogP contribution in [0.25, 0.3) is 0 Å². The zero-order chi connectivity index (χ0) is 29.6. The highest BCUT2D eigenvalue weighted by Gasteiger charge is 2.38. The van der Waals surface area contributed by atoms with Gasteiger partial charge in [-0.2, -0.15) is 4.37 Å². The van der Waals surface area contributed by atoms with E-state index in [4.69, 9.17) is 5.73 Å². The van der Waals surface area contributed by atoms with Gasteiger partial charge in [0.25, 0.3) is 11.8 Å². The maximum absolute atomic E-state index is 15.4. The largest absolute Gasteiger partial charge is 0.395 e. The van der Waals surface area contributed by atoms with E-state index in [0.29, 0.717) is 5.56 Å². The van der Waals surface area contributed by atoms with Crippen molar-refractivity contribution < 1.29 is 23.2 Å². The Bertz CT molecular complexity index is 1420. The molecule has 5 rings (SSSR count). The summed E-state index contributed by atoms with van der Waals surface area (Å²) in [7, 11) is 0. The molecular weight excluding hydrogens is 560 g/mol. The third kappa shape index (κ3) is 6.61. The topological polar surface area (TPSA) is 117 Å². The van der Waals surface area contributed by atoms with E-state index in [-0.39, 0.29) is 34.0 Å². The Morgan fingerprint density at radius 2 is 1.45 bits per heavy atom. The molecular formula is C31H35F2N5O3S. The van der Waals surface area contributed by atoms with Crippen molar-refractivity contribution in [3.63, 3.8) is 0 Å². The van der Waals surface area contributed by atoms with Crippen LogP contribution in [0.3, 0.4) is 0 Å². The lowest BCUT2D eigenvalue weighted by Gasteiger charge is -2.33. The van der Waals surface area contributed by atoms with Crippen LogP contribution in [0.5, 0.6) is 0 Å². The van der Waals surface area contributed by atoms with E-state index in [0.717, 1.165) is 80.6 Å². The molecule has 1 aromatic heterocycles. The number of nitrogen functional groups attached to an aromatic ring is 1. The number of halogens is 2. The Hall–Kier alpha value is -3.86. The minimum absolute atomic E-state index is 0.00718. The van der Waals surface area contributed by atoms with Gasteiger partial charge in [0.1, 0.15) is 22.6 Å². The van der Waals surface area contributed by atoms with Crippen molar-refractivity contribution >= 4 is 40.6 Å². The number of hydrogen-bond acceptors (Lipinski definition) is 6. The smallest absolute Gasteiger partial charge is 0.273 e. The summed E-state index contributed by atoms with van der Waals surface area (Å²) in [5.74, 6) is -3.04. The molecule has 3 aromatic rings. The number of carbonyl (C=O) groups is 3. The van der Waals surface area contributed by atoms with E-state index in [2.05, 4.69) is 15.0 Å². The van der Waals surface area contributed by atoms with Crippen LogP contribution < -0.4 is 21.3 Å². The molecule has 0 unspecified atom stereocenters. The molecule has 2 aromatic carbocycles. The summed E-state index contributed by atoms with van der Waals surface area (Å²) in [5, 5.41) is 5.99. The number of anilines is 2. The van der Waals surface area contributed by atoms with Gasteiger partial charge in [0.15, 0.2) is 5.69 Å². The second-order valence-corrected chi connectivity index (χ2v) is 11.8. The lowest BCUT2D eigenvalue weighted by atomic mass is 9.94. The van der Waals surface area contributed by atoms with Gasteiger partial charge in [0, 0.05) is 12.1 Å². The minimum Gasteiger partial charge on any atom is -0.395 e. The van der Waals surface area contributed by atoms with Gasteiger partial charge in [-0.1, -0.05) is 62.8 Å². The van der Waals surface area contributed by atoms with Crippen LogP contribution >= 0.6 is 11.5 Å². The summed E-state index contributed by atoms with van der Waals surface area (Å²) in [4.78, 5) is 42.2. The standard InChI is InChI=1S/C31H35F2N5O3S/c32-20-17-15-19(16-18-20)27(30(40)36-22-11-5-2-6-12-22)38(24-14-8-7-13-23(24)33)31(41)28-25(34)26(37-42-28)29(39)35-21-9-3-1-4-10-21/h7-8,13-18,21-22,27H,1-6,9-12,34H2,(H,35,39)(H,36,40)/t27-/m1/s1. The van der Waals surface area contributed by atoms with Crippen LogP contribution in [0, 0.1) is 11.6 Å². The van der Waals surface area contributed by atoms with Gasteiger partial charge in [-0.3, -0.25) is 19.3 Å². The zero-order valence-corrected chi connectivity index (χ0v) is 24.1. The van der Waals surface area contributed by atoms with E-state index >= 15 is 4.39 Å². The van der Waals surface area contributed by atoms with E-state index in [1.807, 2.05) is 0 Å². The third-order valence-electron chi connectivity index (χ3n) is 8.05. The molecule has 222 valence electrons. The Morgan fingerprint density at radius 3 is 2.07 bits per heavy atom. The average Bonchev–Trinajstić information content (AvgIpc) is 3.39. The fourth-order valence-electron chi connectivity index (χ4n) is 5.83. The van der Waals surface area contributed by atoms with Crippen LogP contribution in [0.15, 0.2) is 48.5 Å². The van der Waals surface area contributed by atoms with Crippen LogP contribution in [0.1, 0.15) is 96.0 Å². The number of rotatable bonds is 8. The highest BCUT2D eigenvalue weighted by Crippen LogP contribution is 2.35. The Labute approximate surface area is 247 Å². The number of para-hydroxylation sites is 1.